The van der Waals surface area contributed by atoms with Crippen LogP contribution in [0.5, 0.6) is 0 Å². The number of nitrogens with one attached hydrogen (secondary N) is 1. The summed E-state index contributed by atoms with van der Waals surface area (Å²) in [6.07, 6.45) is -1.98. The van der Waals surface area contributed by atoms with Crippen molar-refractivity contribution in [2.75, 3.05) is 5.32 Å². The van der Waals surface area contributed by atoms with Crippen molar-refractivity contribution >= 4 is 11.6 Å². The number of hydrogen-bond donors (Lipinski definition) is 1. The SMILES string of the molecule is CC(C)C(=O)Nc1cnn(CC(F)(F)F)c1. The lowest BCUT2D eigenvalue weighted by molar-refractivity contribution is -0.142. The van der Waals surface area contributed by atoms with Crippen LogP contribution in [0, 0.1) is 5.92 Å². The molecule has 0 spiro atoms. The van der Waals surface area contributed by atoms with Crippen molar-refractivity contribution in [2.24, 2.45) is 5.92 Å². The van der Waals surface area contributed by atoms with E-state index in [0.717, 1.165) is 10.9 Å². The van der Waals surface area contributed by atoms with Crippen LogP contribution in [0.1, 0.15) is 13.8 Å². The second kappa shape index (κ2) is 4.54. The maximum absolute atomic E-state index is 12.0. The zero-order chi connectivity index (χ0) is 12.3. The normalized spacial score (nSPS) is 11.9. The zero-order valence-electron chi connectivity index (χ0n) is 8.88. The Labute approximate surface area is 90.4 Å². The summed E-state index contributed by atoms with van der Waals surface area (Å²) in [7, 11) is 0. The Bertz CT molecular complexity index is 370. The highest BCUT2D eigenvalue weighted by Crippen LogP contribution is 2.18. The lowest BCUT2D eigenvalue weighted by Crippen LogP contribution is -2.18. The number of carbonyl (C=O) groups is 1. The Kier molecular flexibility index (Phi) is 3.56. The third-order valence-electron chi connectivity index (χ3n) is 1.77. The maximum atomic E-state index is 12.0. The third-order valence-corrected chi connectivity index (χ3v) is 1.77. The predicted molar refractivity (Wildman–Crippen MR) is 51.7 cm³/mol. The van der Waals surface area contributed by atoms with Crippen molar-refractivity contribution in [3.63, 3.8) is 0 Å². The van der Waals surface area contributed by atoms with Gasteiger partial charge in [0.1, 0.15) is 6.54 Å². The standard InChI is InChI=1S/C9H12F3N3O/c1-6(2)8(16)14-7-3-13-15(4-7)5-9(10,11)12/h3-4,6H,5H2,1-2H3,(H,14,16). The van der Waals surface area contributed by atoms with E-state index in [0.29, 0.717) is 0 Å². The van der Waals surface area contributed by atoms with Gasteiger partial charge in [-0.15, -0.1) is 0 Å². The molecule has 0 aliphatic heterocycles. The number of alkyl halides is 3. The van der Waals surface area contributed by atoms with Crippen LogP contribution < -0.4 is 5.32 Å². The molecular formula is C9H12F3N3O. The molecule has 1 heterocycles. The van der Waals surface area contributed by atoms with E-state index < -0.39 is 12.7 Å². The van der Waals surface area contributed by atoms with Gasteiger partial charge in [0, 0.05) is 12.1 Å². The van der Waals surface area contributed by atoms with Gasteiger partial charge in [0.2, 0.25) is 5.91 Å². The second-order valence-corrected chi connectivity index (χ2v) is 3.69. The molecule has 0 bridgehead atoms. The Hall–Kier alpha value is -1.53. The van der Waals surface area contributed by atoms with Crippen molar-refractivity contribution < 1.29 is 18.0 Å². The smallest absolute Gasteiger partial charge is 0.323 e. The highest BCUT2D eigenvalue weighted by Gasteiger charge is 2.28. The van der Waals surface area contributed by atoms with Crippen molar-refractivity contribution in [3.05, 3.63) is 12.4 Å². The van der Waals surface area contributed by atoms with E-state index in [4.69, 9.17) is 0 Å². The minimum absolute atomic E-state index is 0.231. The van der Waals surface area contributed by atoms with E-state index in [1.807, 2.05) is 0 Å². The first-order chi connectivity index (χ1) is 7.28. The first-order valence-electron chi connectivity index (χ1n) is 4.68. The van der Waals surface area contributed by atoms with Gasteiger partial charge in [0.15, 0.2) is 0 Å². The fourth-order valence-electron chi connectivity index (χ4n) is 0.985. The summed E-state index contributed by atoms with van der Waals surface area (Å²) in [5.74, 6) is -0.488. The number of anilines is 1. The summed E-state index contributed by atoms with van der Waals surface area (Å²) in [5.41, 5.74) is 0.267. The van der Waals surface area contributed by atoms with E-state index >= 15 is 0 Å². The first kappa shape index (κ1) is 12.5. The Morgan fingerprint density at radius 1 is 1.56 bits per heavy atom. The van der Waals surface area contributed by atoms with Crippen molar-refractivity contribution in [3.8, 4) is 0 Å². The van der Waals surface area contributed by atoms with Gasteiger partial charge in [-0.2, -0.15) is 18.3 Å². The molecule has 16 heavy (non-hydrogen) atoms. The summed E-state index contributed by atoms with van der Waals surface area (Å²) in [6, 6.07) is 0. The quantitative estimate of drug-likeness (QED) is 0.871. The molecule has 0 aliphatic rings. The molecule has 4 nitrogen and oxygen atoms in total. The largest absolute Gasteiger partial charge is 0.408 e. The number of rotatable bonds is 3. The fraction of sp³-hybridized carbons (Fsp3) is 0.556. The Balaban J connectivity index is 2.62. The minimum atomic E-state index is -4.31. The molecule has 1 rings (SSSR count). The minimum Gasteiger partial charge on any atom is -0.323 e. The first-order valence-corrected chi connectivity index (χ1v) is 4.68. The van der Waals surface area contributed by atoms with E-state index in [-0.39, 0.29) is 17.5 Å². The topological polar surface area (TPSA) is 46.9 Å². The number of aromatic nitrogens is 2. The molecule has 0 radical (unpaired) electrons. The molecule has 7 heteroatoms. The van der Waals surface area contributed by atoms with Gasteiger partial charge in [-0.3, -0.25) is 9.48 Å². The number of halogens is 3. The van der Waals surface area contributed by atoms with Crippen LogP contribution >= 0.6 is 0 Å². The molecule has 0 saturated heterocycles. The molecule has 0 saturated carbocycles. The number of nitrogens with zero attached hydrogens (tertiary/aromatic N) is 2. The molecule has 1 aromatic rings. The van der Waals surface area contributed by atoms with Crippen LogP contribution in [-0.4, -0.2) is 21.9 Å². The summed E-state index contributed by atoms with van der Waals surface area (Å²) >= 11 is 0. The van der Waals surface area contributed by atoms with Crippen LogP contribution in [0.3, 0.4) is 0 Å². The molecule has 1 N–H and O–H groups in total. The van der Waals surface area contributed by atoms with Crippen LogP contribution in [0.15, 0.2) is 12.4 Å². The zero-order valence-corrected chi connectivity index (χ0v) is 8.88. The molecule has 0 fully saturated rings. The molecule has 0 aliphatic carbocycles. The van der Waals surface area contributed by atoms with Crippen molar-refractivity contribution in [1.29, 1.82) is 0 Å². The lowest BCUT2D eigenvalue weighted by atomic mass is 10.2. The molecule has 90 valence electrons. The van der Waals surface area contributed by atoms with Crippen LogP contribution in [0.25, 0.3) is 0 Å². The van der Waals surface area contributed by atoms with Crippen LogP contribution in [0.2, 0.25) is 0 Å². The Morgan fingerprint density at radius 2 is 2.19 bits per heavy atom. The summed E-state index contributed by atoms with van der Waals surface area (Å²) in [4.78, 5) is 11.2. The van der Waals surface area contributed by atoms with Crippen molar-refractivity contribution in [2.45, 2.75) is 26.6 Å². The molecule has 0 aromatic carbocycles. The van der Waals surface area contributed by atoms with Gasteiger partial charge in [-0.25, -0.2) is 0 Å². The number of carbonyl (C=O) groups excluding carboxylic acids is 1. The highest BCUT2D eigenvalue weighted by molar-refractivity contribution is 5.91. The monoisotopic (exact) mass is 235 g/mol. The average Bonchev–Trinajstić information content (AvgIpc) is 2.49. The van der Waals surface area contributed by atoms with E-state index in [1.54, 1.807) is 13.8 Å². The van der Waals surface area contributed by atoms with Gasteiger partial charge in [-0.1, -0.05) is 13.8 Å². The number of hydrogen-bond acceptors (Lipinski definition) is 2. The van der Waals surface area contributed by atoms with E-state index in [2.05, 4.69) is 10.4 Å². The molecule has 0 atom stereocenters. The van der Waals surface area contributed by atoms with Gasteiger partial charge in [0.25, 0.3) is 0 Å². The summed E-state index contributed by atoms with van der Waals surface area (Å²) in [6.45, 7) is 2.22. The summed E-state index contributed by atoms with van der Waals surface area (Å²) in [5, 5.41) is 5.95. The lowest BCUT2D eigenvalue weighted by Gasteiger charge is -2.06. The highest BCUT2D eigenvalue weighted by atomic mass is 19.4. The van der Waals surface area contributed by atoms with E-state index in [1.165, 1.54) is 6.20 Å². The Morgan fingerprint density at radius 3 is 2.69 bits per heavy atom. The van der Waals surface area contributed by atoms with Gasteiger partial charge >= 0.3 is 6.18 Å². The summed E-state index contributed by atoms with van der Waals surface area (Å²) < 4.78 is 36.7. The van der Waals surface area contributed by atoms with Gasteiger partial charge in [-0.05, 0) is 0 Å². The molecule has 0 unspecified atom stereocenters. The predicted octanol–water partition coefficient (Wildman–Crippen LogP) is 2.04. The third kappa shape index (κ3) is 3.92. The van der Waals surface area contributed by atoms with E-state index in [9.17, 15) is 18.0 Å². The fourth-order valence-corrected chi connectivity index (χ4v) is 0.985. The van der Waals surface area contributed by atoms with Crippen molar-refractivity contribution in [1.82, 2.24) is 9.78 Å². The second-order valence-electron chi connectivity index (χ2n) is 3.69. The van der Waals surface area contributed by atoms with Crippen LogP contribution in [-0.2, 0) is 11.3 Å². The maximum Gasteiger partial charge on any atom is 0.408 e. The average molecular weight is 235 g/mol. The van der Waals surface area contributed by atoms with Gasteiger partial charge < -0.3 is 5.32 Å². The van der Waals surface area contributed by atoms with Gasteiger partial charge in [0.05, 0.1) is 11.9 Å². The molecular weight excluding hydrogens is 223 g/mol. The number of amides is 1. The molecule has 1 aromatic heterocycles. The van der Waals surface area contributed by atoms with Crippen LogP contribution in [0.4, 0.5) is 18.9 Å². The molecule has 1 amide bonds.